The van der Waals surface area contributed by atoms with Crippen LogP contribution in [0.2, 0.25) is 0 Å². The highest BCUT2D eigenvalue weighted by molar-refractivity contribution is 9.10. The Bertz CT molecular complexity index is 2400. The van der Waals surface area contributed by atoms with E-state index >= 15 is 0 Å². The molecule has 8 rings (SSSR count). The van der Waals surface area contributed by atoms with Gasteiger partial charge in [-0.1, -0.05) is 141 Å². The summed E-state index contributed by atoms with van der Waals surface area (Å²) in [6.45, 7) is 0. The predicted molar refractivity (Wildman–Crippen MR) is 182 cm³/mol. The third kappa shape index (κ3) is 3.56. The van der Waals surface area contributed by atoms with Gasteiger partial charge < -0.3 is 0 Å². The van der Waals surface area contributed by atoms with Gasteiger partial charge in [0.1, 0.15) is 0 Å². The van der Waals surface area contributed by atoms with Crippen LogP contribution in [0.5, 0.6) is 0 Å². The molecule has 0 amide bonds. The van der Waals surface area contributed by atoms with Crippen molar-refractivity contribution in [3.05, 3.63) is 142 Å². The van der Waals surface area contributed by atoms with Crippen LogP contribution in [-0.4, -0.2) is 0 Å². The molecule has 0 saturated heterocycles. The molecule has 0 aliphatic heterocycles. The molecule has 0 radical (unpaired) electrons. The molecule has 0 N–H and O–H groups in total. The fourth-order valence-corrected chi connectivity index (χ4v) is 7.24. The summed E-state index contributed by atoms with van der Waals surface area (Å²) in [7, 11) is 0. The summed E-state index contributed by atoms with van der Waals surface area (Å²) in [6, 6.07) is 48.9. The monoisotopic (exact) mass is 636 g/mol. The van der Waals surface area contributed by atoms with Crippen molar-refractivity contribution in [2.45, 2.75) is 0 Å². The van der Waals surface area contributed by atoms with Crippen LogP contribution in [0.3, 0.4) is 0 Å². The number of hydrogen-bond acceptors (Lipinski definition) is 0. The van der Waals surface area contributed by atoms with Gasteiger partial charge in [0.05, 0.1) is 0 Å². The van der Waals surface area contributed by atoms with Crippen LogP contribution in [0.15, 0.2) is 142 Å². The van der Waals surface area contributed by atoms with Crippen molar-refractivity contribution < 1.29 is 0 Å². The number of halogens is 2. The lowest BCUT2D eigenvalue weighted by Gasteiger charge is -2.15. The quantitative estimate of drug-likeness (QED) is 0.145. The Labute approximate surface area is 248 Å². The van der Waals surface area contributed by atoms with Gasteiger partial charge in [-0.15, -0.1) is 0 Å². The van der Waals surface area contributed by atoms with Crippen LogP contribution < -0.4 is 0 Å². The van der Waals surface area contributed by atoms with Gasteiger partial charge in [0.2, 0.25) is 0 Å². The molecule has 2 heteroatoms. The first-order valence-corrected chi connectivity index (χ1v) is 15.0. The average Bonchev–Trinajstić information content (AvgIpc) is 3.00. The summed E-state index contributed by atoms with van der Waals surface area (Å²) in [5.41, 5.74) is 0. The number of benzene rings is 7. The molecule has 0 atom stereocenters. The highest BCUT2D eigenvalue weighted by Gasteiger charge is 2.14. The topological polar surface area (TPSA) is 0 Å². The number of hydrogen-bond donors (Lipinski definition) is 0. The van der Waals surface area contributed by atoms with E-state index in [4.69, 9.17) is 0 Å². The summed E-state index contributed by atoms with van der Waals surface area (Å²) in [5.74, 6) is 0. The molecular formula is C38H22Br2. The minimum absolute atomic E-state index is 1.07. The molecular weight excluding hydrogens is 616 g/mol. The summed E-state index contributed by atoms with van der Waals surface area (Å²) >= 11 is 7.63. The first-order valence-electron chi connectivity index (χ1n) is 13.4. The fraction of sp³-hybridized carbons (Fsp3) is 0. The maximum absolute atomic E-state index is 3.84. The minimum atomic E-state index is 1.07. The summed E-state index contributed by atoms with van der Waals surface area (Å²) < 4.78 is 2.14. The van der Waals surface area contributed by atoms with E-state index < -0.39 is 0 Å². The van der Waals surface area contributed by atoms with E-state index in [1.54, 1.807) is 0 Å². The second-order valence-corrected chi connectivity index (χ2v) is 12.1. The van der Waals surface area contributed by atoms with E-state index in [9.17, 15) is 0 Å². The molecule has 40 heavy (non-hydrogen) atoms. The Morgan fingerprint density at radius 2 is 0.525 bits per heavy atom. The lowest BCUT2D eigenvalue weighted by molar-refractivity contribution is 1.73. The van der Waals surface area contributed by atoms with Gasteiger partial charge in [-0.2, -0.15) is 0 Å². The molecule has 0 aliphatic rings. The standard InChI is InChI=1S/C38H22Br2/c39-23-17-19-30-25-9-1-2-10-26(25)31-20-18-24(40)22-36(31)38-33-15-7-4-12-28(33)27-11-3-6-14-32(27)37(38)34-16-8-5-13-29(34)35(30)21-23/h1-22H. The van der Waals surface area contributed by atoms with Gasteiger partial charge in [0, 0.05) is 8.95 Å². The van der Waals surface area contributed by atoms with E-state index in [0.717, 1.165) is 8.95 Å². The van der Waals surface area contributed by atoms with Crippen molar-refractivity contribution in [1.82, 2.24) is 0 Å². The third-order valence-corrected chi connectivity index (χ3v) is 9.15. The van der Waals surface area contributed by atoms with Crippen molar-refractivity contribution >= 4 is 107 Å². The van der Waals surface area contributed by atoms with Crippen molar-refractivity contribution in [3.8, 4) is 0 Å². The lowest BCUT2D eigenvalue weighted by atomic mass is 9.89. The van der Waals surface area contributed by atoms with Crippen LogP contribution >= 0.6 is 31.9 Å². The maximum atomic E-state index is 3.84. The fourth-order valence-electron chi connectivity index (χ4n) is 6.52. The van der Waals surface area contributed by atoms with Crippen LogP contribution in [0.4, 0.5) is 0 Å². The molecule has 8 aromatic carbocycles. The largest absolute Gasteiger partial charge is 0.0616 e. The Balaban J connectivity index is 1.92. The van der Waals surface area contributed by atoms with Gasteiger partial charge in [-0.25, -0.2) is 0 Å². The molecule has 0 unspecified atom stereocenters. The summed E-state index contributed by atoms with van der Waals surface area (Å²) in [4.78, 5) is 0. The highest BCUT2D eigenvalue weighted by Crippen LogP contribution is 2.43. The molecule has 0 nitrogen and oxygen atoms in total. The Hall–Kier alpha value is -3.98. The maximum Gasteiger partial charge on any atom is 0.0181 e. The normalized spacial score (nSPS) is 11.8. The molecule has 8 aromatic rings. The number of rotatable bonds is 0. The molecule has 0 bridgehead atoms. The van der Waals surface area contributed by atoms with Crippen LogP contribution in [0.1, 0.15) is 0 Å². The molecule has 188 valence electrons. The highest BCUT2D eigenvalue weighted by atomic mass is 79.9. The van der Waals surface area contributed by atoms with Crippen molar-refractivity contribution in [3.63, 3.8) is 0 Å². The van der Waals surface area contributed by atoms with Gasteiger partial charge in [-0.05, 0) is 99.7 Å². The van der Waals surface area contributed by atoms with E-state index in [2.05, 4.69) is 165 Å². The Morgan fingerprint density at radius 3 is 0.975 bits per heavy atom. The van der Waals surface area contributed by atoms with Crippen molar-refractivity contribution in [2.75, 3.05) is 0 Å². The molecule has 0 aromatic heterocycles. The average molecular weight is 638 g/mol. The first-order chi connectivity index (χ1) is 19.7. The predicted octanol–water partition coefficient (Wildman–Crippen LogP) is 12.4. The van der Waals surface area contributed by atoms with E-state index in [1.807, 2.05) is 0 Å². The van der Waals surface area contributed by atoms with E-state index in [0.29, 0.717) is 0 Å². The second-order valence-electron chi connectivity index (χ2n) is 10.3. The first kappa shape index (κ1) is 23.9. The SMILES string of the molecule is Brc1ccc2c3ccccc3c3ccc(Br)cc3c3c4ccccc4c4ccccc4c3c3ccccc3c2c1. The van der Waals surface area contributed by atoms with Crippen molar-refractivity contribution in [2.24, 2.45) is 0 Å². The summed E-state index contributed by atoms with van der Waals surface area (Å²) in [6.07, 6.45) is 0. The third-order valence-electron chi connectivity index (χ3n) is 8.16. The van der Waals surface area contributed by atoms with Crippen molar-refractivity contribution in [1.29, 1.82) is 0 Å². The zero-order chi connectivity index (χ0) is 26.8. The van der Waals surface area contributed by atoms with Gasteiger partial charge in [0.25, 0.3) is 0 Å². The van der Waals surface area contributed by atoms with Crippen LogP contribution in [0, 0.1) is 0 Å². The minimum Gasteiger partial charge on any atom is -0.0616 e. The zero-order valence-corrected chi connectivity index (χ0v) is 24.6. The molecule has 0 fully saturated rings. The van der Waals surface area contributed by atoms with Gasteiger partial charge >= 0.3 is 0 Å². The summed E-state index contributed by atoms with van der Waals surface area (Å²) in [5, 5.41) is 17.5. The zero-order valence-electron chi connectivity index (χ0n) is 21.5. The molecule has 0 aliphatic carbocycles. The molecule has 0 spiro atoms. The second kappa shape index (κ2) is 9.30. The van der Waals surface area contributed by atoms with Crippen LogP contribution in [-0.2, 0) is 0 Å². The van der Waals surface area contributed by atoms with Crippen LogP contribution in [0.25, 0.3) is 75.4 Å². The number of fused-ring (bicyclic) bond motifs is 15. The Morgan fingerprint density at radius 1 is 0.250 bits per heavy atom. The molecule has 0 saturated carbocycles. The van der Waals surface area contributed by atoms with E-state index in [1.165, 1.54) is 75.4 Å². The van der Waals surface area contributed by atoms with Gasteiger partial charge in [0.15, 0.2) is 0 Å². The lowest BCUT2D eigenvalue weighted by Crippen LogP contribution is -1.87. The smallest absolute Gasteiger partial charge is 0.0181 e. The van der Waals surface area contributed by atoms with Gasteiger partial charge in [-0.3, -0.25) is 0 Å². The van der Waals surface area contributed by atoms with E-state index in [-0.39, 0.29) is 0 Å². The molecule has 0 heterocycles. The Kier molecular flexibility index (Phi) is 5.55.